The van der Waals surface area contributed by atoms with E-state index >= 15 is 0 Å². The van der Waals surface area contributed by atoms with E-state index in [1.165, 1.54) is 18.4 Å². The van der Waals surface area contributed by atoms with Crippen LogP contribution in [0.4, 0.5) is 5.00 Å². The van der Waals surface area contributed by atoms with Gasteiger partial charge in [0.15, 0.2) is 5.69 Å². The molecule has 1 aliphatic rings. The zero-order chi connectivity index (χ0) is 20.5. The van der Waals surface area contributed by atoms with E-state index in [0.717, 1.165) is 17.5 Å². The first-order valence-corrected chi connectivity index (χ1v) is 10.1. The standard InChI is InChI=1S/C20H19N3O5S/c1-3-28-20(26)16-14-10-29-18(21-17(24)11-7-8-11)15(14)19(25)23(22-16)12-5-4-6-13(9-12)27-2/h4-6,9-11H,3,7-8H2,1-2H3,(H,21,24). The summed E-state index contributed by atoms with van der Waals surface area (Å²) < 4.78 is 11.5. The number of anilines is 1. The number of fused-ring (bicyclic) bond motifs is 1. The second kappa shape index (κ2) is 7.67. The minimum absolute atomic E-state index is 0.0147. The van der Waals surface area contributed by atoms with Crippen LogP contribution in [0.2, 0.25) is 0 Å². The second-order valence-corrected chi connectivity index (χ2v) is 7.48. The molecule has 9 heteroatoms. The van der Waals surface area contributed by atoms with Gasteiger partial charge in [0.25, 0.3) is 5.56 Å². The third-order valence-electron chi connectivity index (χ3n) is 4.60. The second-order valence-electron chi connectivity index (χ2n) is 6.60. The molecule has 4 rings (SSSR count). The van der Waals surface area contributed by atoms with Gasteiger partial charge < -0.3 is 14.8 Å². The van der Waals surface area contributed by atoms with Gasteiger partial charge in [-0.3, -0.25) is 9.59 Å². The van der Waals surface area contributed by atoms with Gasteiger partial charge in [-0.1, -0.05) is 6.07 Å². The quantitative estimate of drug-likeness (QED) is 0.624. The molecule has 8 nitrogen and oxygen atoms in total. The molecule has 0 spiro atoms. The van der Waals surface area contributed by atoms with Crippen molar-refractivity contribution in [3.8, 4) is 11.4 Å². The Balaban J connectivity index is 1.92. The monoisotopic (exact) mass is 413 g/mol. The molecule has 1 saturated carbocycles. The Morgan fingerprint density at radius 2 is 2.14 bits per heavy atom. The summed E-state index contributed by atoms with van der Waals surface area (Å²) in [5, 5.41) is 9.76. The maximum atomic E-state index is 13.3. The fourth-order valence-corrected chi connectivity index (χ4v) is 3.91. The van der Waals surface area contributed by atoms with E-state index in [9.17, 15) is 14.4 Å². The van der Waals surface area contributed by atoms with Gasteiger partial charge >= 0.3 is 5.97 Å². The van der Waals surface area contributed by atoms with Crippen molar-refractivity contribution in [2.75, 3.05) is 19.0 Å². The van der Waals surface area contributed by atoms with Crippen LogP contribution in [0.25, 0.3) is 16.5 Å². The molecule has 0 atom stereocenters. The zero-order valence-electron chi connectivity index (χ0n) is 15.9. The first kappa shape index (κ1) is 19.1. The van der Waals surface area contributed by atoms with Crippen molar-refractivity contribution in [3.05, 3.63) is 45.7 Å². The highest BCUT2D eigenvalue weighted by atomic mass is 32.1. The van der Waals surface area contributed by atoms with Crippen LogP contribution in [-0.2, 0) is 9.53 Å². The van der Waals surface area contributed by atoms with Crippen LogP contribution in [0.5, 0.6) is 5.75 Å². The first-order valence-electron chi connectivity index (χ1n) is 9.20. The van der Waals surface area contributed by atoms with Gasteiger partial charge in [-0.2, -0.15) is 9.78 Å². The Labute approximate surface area is 170 Å². The molecule has 2 aromatic heterocycles. The topological polar surface area (TPSA) is 99.5 Å². The van der Waals surface area contributed by atoms with Gasteiger partial charge in [-0.15, -0.1) is 11.3 Å². The van der Waals surface area contributed by atoms with Crippen molar-refractivity contribution in [1.82, 2.24) is 9.78 Å². The average Bonchev–Trinajstić information content (AvgIpc) is 3.50. The van der Waals surface area contributed by atoms with Crippen LogP contribution in [0.3, 0.4) is 0 Å². The largest absolute Gasteiger partial charge is 0.497 e. The molecule has 0 radical (unpaired) electrons. The van der Waals surface area contributed by atoms with Crippen LogP contribution in [0.1, 0.15) is 30.3 Å². The average molecular weight is 413 g/mol. The van der Waals surface area contributed by atoms with Gasteiger partial charge in [0.1, 0.15) is 10.8 Å². The molecule has 1 aliphatic carbocycles. The van der Waals surface area contributed by atoms with Crippen LogP contribution in [0.15, 0.2) is 34.4 Å². The number of hydrogen-bond donors (Lipinski definition) is 1. The number of esters is 1. The number of methoxy groups -OCH3 is 1. The number of rotatable bonds is 6. The van der Waals surface area contributed by atoms with Crippen molar-refractivity contribution in [2.45, 2.75) is 19.8 Å². The summed E-state index contributed by atoms with van der Waals surface area (Å²) in [6, 6.07) is 6.79. The molecule has 3 aromatic rings. The van der Waals surface area contributed by atoms with Gasteiger partial charge in [0.05, 0.1) is 24.8 Å². The Morgan fingerprint density at radius 3 is 2.83 bits per heavy atom. The number of carbonyl (C=O) groups is 2. The van der Waals surface area contributed by atoms with Crippen molar-refractivity contribution in [1.29, 1.82) is 0 Å². The van der Waals surface area contributed by atoms with E-state index in [4.69, 9.17) is 9.47 Å². The van der Waals surface area contributed by atoms with Crippen molar-refractivity contribution in [3.63, 3.8) is 0 Å². The predicted octanol–water partition coefficient (Wildman–Crippen LogP) is 2.98. The summed E-state index contributed by atoms with van der Waals surface area (Å²) in [7, 11) is 1.52. The Morgan fingerprint density at radius 1 is 1.34 bits per heavy atom. The third kappa shape index (κ3) is 3.61. The SMILES string of the molecule is CCOC(=O)c1nn(-c2cccc(OC)c2)c(=O)c2c(NC(=O)C3CC3)scc12. The Hall–Kier alpha value is -3.20. The highest BCUT2D eigenvalue weighted by molar-refractivity contribution is 7.16. The maximum absolute atomic E-state index is 13.3. The zero-order valence-corrected chi connectivity index (χ0v) is 16.7. The summed E-state index contributed by atoms with van der Waals surface area (Å²) in [5.74, 6) is -0.219. The number of nitrogens with one attached hydrogen (secondary N) is 1. The fourth-order valence-electron chi connectivity index (χ4n) is 2.97. The molecular formula is C20H19N3O5S. The van der Waals surface area contributed by atoms with E-state index in [2.05, 4.69) is 10.4 Å². The minimum atomic E-state index is -0.632. The minimum Gasteiger partial charge on any atom is -0.497 e. The number of ether oxygens (including phenoxy) is 2. The number of aromatic nitrogens is 2. The molecule has 0 saturated heterocycles. The maximum Gasteiger partial charge on any atom is 0.359 e. The molecular weight excluding hydrogens is 394 g/mol. The lowest BCUT2D eigenvalue weighted by molar-refractivity contribution is -0.117. The summed E-state index contributed by atoms with van der Waals surface area (Å²) in [6.45, 7) is 1.87. The number of amides is 1. The summed E-state index contributed by atoms with van der Waals surface area (Å²) in [4.78, 5) is 38.0. The molecule has 1 amide bonds. The normalized spacial score (nSPS) is 13.3. The number of nitrogens with zero attached hydrogens (tertiary/aromatic N) is 2. The summed E-state index contributed by atoms with van der Waals surface area (Å²) in [6.07, 6.45) is 1.69. The molecule has 1 N–H and O–H groups in total. The first-order chi connectivity index (χ1) is 14.0. The van der Waals surface area contributed by atoms with Crippen LogP contribution < -0.4 is 15.6 Å². The number of carbonyl (C=O) groups excluding carboxylic acids is 2. The Bertz CT molecular complexity index is 1160. The van der Waals surface area contributed by atoms with Gasteiger partial charge in [0.2, 0.25) is 5.91 Å². The molecule has 0 aliphatic heterocycles. The van der Waals surface area contributed by atoms with Gasteiger partial charge in [-0.05, 0) is 31.9 Å². The number of benzene rings is 1. The van der Waals surface area contributed by atoms with E-state index in [-0.39, 0.29) is 29.5 Å². The van der Waals surface area contributed by atoms with Gasteiger partial charge in [-0.25, -0.2) is 4.79 Å². The molecule has 2 heterocycles. The molecule has 150 valence electrons. The van der Waals surface area contributed by atoms with E-state index in [1.54, 1.807) is 36.6 Å². The summed E-state index contributed by atoms with van der Waals surface area (Å²) in [5.41, 5.74) is 0.0218. The smallest absolute Gasteiger partial charge is 0.359 e. The lowest BCUT2D eigenvalue weighted by Gasteiger charge is -2.10. The lowest BCUT2D eigenvalue weighted by Crippen LogP contribution is -2.25. The van der Waals surface area contributed by atoms with Crippen LogP contribution in [0, 0.1) is 5.92 Å². The molecule has 0 bridgehead atoms. The van der Waals surface area contributed by atoms with E-state index < -0.39 is 11.5 Å². The van der Waals surface area contributed by atoms with E-state index in [0.29, 0.717) is 21.8 Å². The van der Waals surface area contributed by atoms with E-state index in [1.807, 2.05) is 0 Å². The summed E-state index contributed by atoms with van der Waals surface area (Å²) >= 11 is 1.19. The molecule has 1 fully saturated rings. The number of thiophene rings is 1. The highest BCUT2D eigenvalue weighted by Crippen LogP contribution is 2.34. The number of hydrogen-bond acceptors (Lipinski definition) is 7. The third-order valence-corrected chi connectivity index (χ3v) is 5.50. The molecule has 1 aromatic carbocycles. The van der Waals surface area contributed by atoms with Gasteiger partial charge in [0, 0.05) is 22.8 Å². The predicted molar refractivity (Wildman–Crippen MR) is 109 cm³/mol. The van der Waals surface area contributed by atoms with Crippen molar-refractivity contribution >= 4 is 39.0 Å². The van der Waals surface area contributed by atoms with Crippen molar-refractivity contribution in [2.24, 2.45) is 5.92 Å². The fraction of sp³-hybridized carbons (Fsp3) is 0.300. The Kier molecular flexibility index (Phi) is 5.06. The van der Waals surface area contributed by atoms with Crippen LogP contribution in [-0.4, -0.2) is 35.4 Å². The van der Waals surface area contributed by atoms with Crippen molar-refractivity contribution < 1.29 is 19.1 Å². The highest BCUT2D eigenvalue weighted by Gasteiger charge is 2.31. The molecule has 0 unspecified atom stereocenters. The van der Waals surface area contributed by atoms with Crippen LogP contribution >= 0.6 is 11.3 Å². The molecule has 29 heavy (non-hydrogen) atoms. The lowest BCUT2D eigenvalue weighted by atomic mass is 10.2.